The Bertz CT molecular complexity index is 2210. The lowest BCUT2D eigenvalue weighted by Gasteiger charge is -2.29. The van der Waals surface area contributed by atoms with Gasteiger partial charge in [0.2, 0.25) is 41.4 Å². The molecule has 18 heteroatoms. The van der Waals surface area contributed by atoms with E-state index in [2.05, 4.69) is 25.9 Å². The molecule has 5 rings (SSSR count). The lowest BCUT2D eigenvalue weighted by molar-refractivity contribution is -0.143. The number of nitrogens with two attached hydrogens (primary N) is 3. The van der Waals surface area contributed by atoms with Gasteiger partial charge in [0.15, 0.2) is 5.96 Å². The summed E-state index contributed by atoms with van der Waals surface area (Å²) < 4.78 is 0. The van der Waals surface area contributed by atoms with Crippen molar-refractivity contribution in [3.05, 3.63) is 108 Å². The molecule has 0 unspecified atom stereocenters. The molecule has 0 aliphatic carbocycles. The number of benzene rings is 3. The van der Waals surface area contributed by atoms with E-state index in [0.29, 0.717) is 5.56 Å². The number of nitrogens with one attached hydrogen (secondary N) is 4. The second-order valence-corrected chi connectivity index (χ2v) is 15.1. The Morgan fingerprint density at radius 1 is 0.710 bits per heavy atom. The van der Waals surface area contributed by atoms with E-state index < -0.39 is 60.6 Å². The zero-order chi connectivity index (χ0) is 44.4. The van der Waals surface area contributed by atoms with Gasteiger partial charge >= 0.3 is 0 Å². The zero-order valence-electron chi connectivity index (χ0n) is 34.6. The first-order valence-corrected chi connectivity index (χ1v) is 20.5. The number of hydrogen-bond donors (Lipinski definition) is 7. The number of nitrogens with zero attached hydrogens (tertiary/aromatic N) is 4. The first kappa shape index (κ1) is 45.8. The maximum Gasteiger partial charge on any atom is 0.246 e. The fourth-order valence-electron chi connectivity index (χ4n) is 7.17. The fraction of sp³-hybridized carbons (Fsp3) is 0.364. The number of carbonyl (C=O) groups excluding carboxylic acids is 7. The SMILES string of the molecule is NC(=O)CN1CCNC(=O)CCCC(=O)N(Cc2ccccc2)CC(=O)N(Cc2ccccc2)CC(=O)N[C@@H](CCCN=C(N)N)C(=O)N[C@@H](Cc2c[nH]c3ccccc23)C1=O. The van der Waals surface area contributed by atoms with Crippen molar-refractivity contribution in [2.75, 3.05) is 39.3 Å². The van der Waals surface area contributed by atoms with Gasteiger partial charge in [0.1, 0.15) is 18.6 Å². The molecule has 1 aliphatic rings. The highest BCUT2D eigenvalue weighted by Crippen LogP contribution is 2.20. The Balaban J connectivity index is 1.50. The fourth-order valence-corrected chi connectivity index (χ4v) is 7.17. The molecule has 2 atom stereocenters. The smallest absolute Gasteiger partial charge is 0.246 e. The monoisotopic (exact) mass is 849 g/mol. The second kappa shape index (κ2) is 22.9. The molecule has 18 nitrogen and oxygen atoms in total. The predicted molar refractivity (Wildman–Crippen MR) is 232 cm³/mol. The molecule has 3 aromatic carbocycles. The number of aromatic nitrogens is 1. The van der Waals surface area contributed by atoms with Crippen molar-refractivity contribution in [3.8, 4) is 0 Å². The van der Waals surface area contributed by atoms with Crippen molar-refractivity contribution in [1.29, 1.82) is 0 Å². The summed E-state index contributed by atoms with van der Waals surface area (Å²) in [5, 5.41) is 9.13. The summed E-state index contributed by atoms with van der Waals surface area (Å²) in [6.07, 6.45) is 2.06. The van der Waals surface area contributed by atoms with Crippen molar-refractivity contribution in [1.82, 2.24) is 35.6 Å². The average molecular weight is 850 g/mol. The van der Waals surface area contributed by atoms with E-state index in [9.17, 15) is 33.6 Å². The molecule has 62 heavy (non-hydrogen) atoms. The molecular weight excluding hydrogens is 795 g/mol. The first-order valence-electron chi connectivity index (χ1n) is 20.5. The van der Waals surface area contributed by atoms with Crippen LogP contribution in [0, 0.1) is 0 Å². The minimum Gasteiger partial charge on any atom is -0.370 e. The Labute approximate surface area is 359 Å². The van der Waals surface area contributed by atoms with Crippen LogP contribution in [0.3, 0.4) is 0 Å². The third kappa shape index (κ3) is 14.2. The van der Waals surface area contributed by atoms with Crippen LogP contribution < -0.4 is 33.2 Å². The highest BCUT2D eigenvalue weighted by atomic mass is 16.2. The Hall–Kier alpha value is -7.24. The largest absolute Gasteiger partial charge is 0.370 e. The van der Waals surface area contributed by atoms with Gasteiger partial charge in [0.05, 0.1) is 13.1 Å². The van der Waals surface area contributed by atoms with E-state index in [-0.39, 0.29) is 89.7 Å². The number of amides is 7. The Morgan fingerprint density at radius 2 is 1.35 bits per heavy atom. The van der Waals surface area contributed by atoms with Gasteiger partial charge < -0.3 is 52.8 Å². The number of rotatable bonds is 12. The number of aliphatic imine (C=N–C) groups is 1. The molecule has 7 amide bonds. The van der Waals surface area contributed by atoms with Gasteiger partial charge in [-0.1, -0.05) is 78.9 Å². The molecule has 328 valence electrons. The van der Waals surface area contributed by atoms with Gasteiger partial charge in [0, 0.05) is 69.1 Å². The van der Waals surface area contributed by atoms with Crippen LogP contribution in [0.5, 0.6) is 0 Å². The summed E-state index contributed by atoms with van der Waals surface area (Å²) in [6, 6.07) is 23.1. The molecule has 0 radical (unpaired) electrons. The number of aromatic amines is 1. The van der Waals surface area contributed by atoms with Gasteiger partial charge in [-0.25, -0.2) is 0 Å². The summed E-state index contributed by atoms with van der Waals surface area (Å²) in [6.45, 7) is -1.31. The maximum atomic E-state index is 14.4. The van der Waals surface area contributed by atoms with Crippen molar-refractivity contribution >= 4 is 58.2 Å². The molecule has 0 spiro atoms. The number of H-pyrrole nitrogens is 1. The molecule has 1 aliphatic heterocycles. The van der Waals surface area contributed by atoms with E-state index in [1.807, 2.05) is 60.7 Å². The van der Waals surface area contributed by atoms with E-state index in [1.54, 1.807) is 30.5 Å². The van der Waals surface area contributed by atoms with Crippen LogP contribution in [0.4, 0.5) is 0 Å². The molecule has 0 bridgehead atoms. The summed E-state index contributed by atoms with van der Waals surface area (Å²) in [4.78, 5) is 107. The van der Waals surface area contributed by atoms with Gasteiger partial charge in [-0.2, -0.15) is 0 Å². The van der Waals surface area contributed by atoms with Crippen LogP contribution >= 0.6 is 0 Å². The molecule has 10 N–H and O–H groups in total. The average Bonchev–Trinajstić information content (AvgIpc) is 3.66. The van der Waals surface area contributed by atoms with Crippen molar-refractivity contribution in [2.24, 2.45) is 22.2 Å². The summed E-state index contributed by atoms with van der Waals surface area (Å²) in [5.41, 5.74) is 19.6. The van der Waals surface area contributed by atoms with Crippen molar-refractivity contribution in [2.45, 2.75) is 63.7 Å². The van der Waals surface area contributed by atoms with Crippen LogP contribution in [0.1, 0.15) is 48.8 Å². The number of guanidine groups is 1. The van der Waals surface area contributed by atoms with Crippen LogP contribution in [0.25, 0.3) is 10.9 Å². The molecule has 4 aromatic rings. The molecule has 0 saturated carbocycles. The van der Waals surface area contributed by atoms with E-state index in [0.717, 1.165) is 26.9 Å². The second-order valence-electron chi connectivity index (χ2n) is 15.1. The number of primary amides is 1. The number of carbonyl (C=O) groups is 7. The zero-order valence-corrected chi connectivity index (χ0v) is 34.6. The third-order valence-corrected chi connectivity index (χ3v) is 10.3. The summed E-state index contributed by atoms with van der Waals surface area (Å²) in [7, 11) is 0. The van der Waals surface area contributed by atoms with Gasteiger partial charge in [-0.05, 0) is 42.0 Å². The number of para-hydroxylation sites is 1. The van der Waals surface area contributed by atoms with Crippen molar-refractivity contribution in [3.63, 3.8) is 0 Å². The van der Waals surface area contributed by atoms with Gasteiger partial charge in [-0.15, -0.1) is 0 Å². The highest BCUT2D eigenvalue weighted by Gasteiger charge is 2.32. The molecular formula is C44H55N11O7. The lowest BCUT2D eigenvalue weighted by atomic mass is 10.0. The van der Waals surface area contributed by atoms with Crippen molar-refractivity contribution < 1.29 is 33.6 Å². The third-order valence-electron chi connectivity index (χ3n) is 10.3. The predicted octanol–water partition coefficient (Wildman–Crippen LogP) is 0.405. The number of fused-ring (bicyclic) bond motifs is 1. The molecule has 1 fully saturated rings. The Kier molecular flexibility index (Phi) is 17.0. The quantitative estimate of drug-likeness (QED) is 0.0590. The maximum absolute atomic E-state index is 14.4. The normalized spacial score (nSPS) is 18.1. The van der Waals surface area contributed by atoms with Crippen LogP contribution in [-0.2, 0) is 53.1 Å². The van der Waals surface area contributed by atoms with Crippen LogP contribution in [-0.4, -0.2) is 118 Å². The molecule has 1 aromatic heterocycles. The minimum atomic E-state index is -1.26. The topological polar surface area (TPSA) is 272 Å². The summed E-state index contributed by atoms with van der Waals surface area (Å²) >= 11 is 0. The first-order chi connectivity index (χ1) is 29.9. The van der Waals surface area contributed by atoms with Crippen LogP contribution in [0.15, 0.2) is 96.1 Å². The van der Waals surface area contributed by atoms with Gasteiger partial charge in [0.25, 0.3) is 0 Å². The lowest BCUT2D eigenvalue weighted by Crippen LogP contribution is -2.57. The van der Waals surface area contributed by atoms with E-state index in [1.165, 1.54) is 9.80 Å². The Morgan fingerprint density at radius 3 is 2.02 bits per heavy atom. The minimum absolute atomic E-state index is 0.0128. The summed E-state index contributed by atoms with van der Waals surface area (Å²) in [5.74, 6) is -4.32. The van der Waals surface area contributed by atoms with Gasteiger partial charge in [-0.3, -0.25) is 38.6 Å². The highest BCUT2D eigenvalue weighted by molar-refractivity contribution is 5.95. The van der Waals surface area contributed by atoms with E-state index >= 15 is 0 Å². The van der Waals surface area contributed by atoms with E-state index in [4.69, 9.17) is 17.2 Å². The van der Waals surface area contributed by atoms with Crippen LogP contribution in [0.2, 0.25) is 0 Å². The molecule has 1 saturated heterocycles. The number of hydrogen-bond acceptors (Lipinski definition) is 8. The molecule has 2 heterocycles. The standard InChI is InChI=1S/C44H55N11O7/c45-37(56)27-53-22-21-48-38(57)18-9-19-40(59)55(26-31-13-5-2-6-14-31)29-41(60)54(25-30-11-3-1-4-12-30)28-39(58)51-35(17-10-20-49-44(46)47)42(61)52-36(43(53)62)23-32-24-50-34-16-8-7-15-33(32)34/h1-8,11-16,24,35-36,50H,9-10,17-23,25-29H2,(H2,45,56)(H,48,57)(H,51,58)(H,52,61)(H4,46,47,49)/t35-,36-/m0/s1.